The smallest absolute Gasteiger partial charge is 0.357 e. The first kappa shape index (κ1) is 14.6. The molecule has 0 bridgehead atoms. The number of nitrogens with zero attached hydrogens (tertiary/aromatic N) is 1. The average molecular weight is 277 g/mol. The largest absolute Gasteiger partial charge is 0.476 e. The van der Waals surface area contributed by atoms with Crippen molar-refractivity contribution in [3.8, 4) is 0 Å². The highest BCUT2D eigenvalue weighted by molar-refractivity contribution is 7.89. The lowest BCUT2D eigenvalue weighted by Gasteiger charge is -2.10. The van der Waals surface area contributed by atoms with E-state index < -0.39 is 32.7 Å². The number of carbonyl (C=O) groups is 1. The zero-order valence-electron chi connectivity index (χ0n) is 9.97. The molecule has 1 heterocycles. The number of aromatic nitrogens is 2. The number of aromatic carboxylic acids is 1. The Bertz CT molecular complexity index is 536. The second kappa shape index (κ2) is 5.46. The molecule has 1 atom stereocenters. The van der Waals surface area contributed by atoms with Gasteiger partial charge in [0.25, 0.3) is 0 Å². The van der Waals surface area contributed by atoms with Gasteiger partial charge in [0.05, 0.1) is 11.8 Å². The molecule has 0 saturated carbocycles. The molecule has 1 aromatic heterocycles. The third-order valence-electron chi connectivity index (χ3n) is 2.34. The minimum absolute atomic E-state index is 0.130. The van der Waals surface area contributed by atoms with E-state index in [0.717, 1.165) is 0 Å². The quantitative estimate of drug-likeness (QED) is 0.552. The summed E-state index contributed by atoms with van der Waals surface area (Å²) in [6.07, 6.45) is -0.432. The summed E-state index contributed by atoms with van der Waals surface area (Å²) in [6, 6.07) is 0. The summed E-state index contributed by atoms with van der Waals surface area (Å²) in [5, 5.41) is 23.9. The summed E-state index contributed by atoms with van der Waals surface area (Å²) < 4.78 is 26.0. The number of H-pyrrole nitrogens is 1. The fourth-order valence-electron chi connectivity index (χ4n) is 1.32. The number of carboxylic acids is 1. The van der Waals surface area contributed by atoms with Crippen molar-refractivity contribution in [3.63, 3.8) is 0 Å². The minimum Gasteiger partial charge on any atom is -0.476 e. The maximum atomic E-state index is 11.9. The molecular weight excluding hydrogens is 262 g/mol. The fourth-order valence-corrected chi connectivity index (χ4v) is 2.71. The van der Waals surface area contributed by atoms with E-state index in [1.54, 1.807) is 6.92 Å². The number of hydrogen-bond donors (Lipinski definition) is 4. The minimum atomic E-state index is -4.01. The highest BCUT2D eigenvalue weighted by Crippen LogP contribution is 2.17. The van der Waals surface area contributed by atoms with Crippen LogP contribution >= 0.6 is 0 Å². The lowest BCUT2D eigenvalue weighted by molar-refractivity contribution is 0.0686. The van der Waals surface area contributed by atoms with Crippen LogP contribution in [0.2, 0.25) is 0 Å². The van der Waals surface area contributed by atoms with Gasteiger partial charge >= 0.3 is 5.97 Å². The van der Waals surface area contributed by atoms with Gasteiger partial charge in [0, 0.05) is 6.54 Å². The number of sulfonamides is 1. The fraction of sp³-hybridized carbons (Fsp3) is 0.556. The van der Waals surface area contributed by atoms with Gasteiger partial charge < -0.3 is 10.2 Å². The van der Waals surface area contributed by atoms with Crippen molar-refractivity contribution in [3.05, 3.63) is 11.4 Å². The summed E-state index contributed by atoms with van der Waals surface area (Å²) in [6.45, 7) is 2.93. The second-order valence-electron chi connectivity index (χ2n) is 3.75. The van der Waals surface area contributed by atoms with Crippen LogP contribution < -0.4 is 4.72 Å². The van der Waals surface area contributed by atoms with Gasteiger partial charge in [0.1, 0.15) is 4.90 Å². The van der Waals surface area contributed by atoms with Crippen LogP contribution in [-0.2, 0) is 10.0 Å². The molecule has 0 aliphatic rings. The molecule has 0 aliphatic carbocycles. The van der Waals surface area contributed by atoms with E-state index in [4.69, 9.17) is 5.11 Å². The predicted molar refractivity (Wildman–Crippen MR) is 61.8 cm³/mol. The van der Waals surface area contributed by atoms with E-state index in [9.17, 15) is 18.3 Å². The summed E-state index contributed by atoms with van der Waals surface area (Å²) in [7, 11) is -4.01. The zero-order chi connectivity index (χ0) is 13.9. The molecule has 0 aromatic carbocycles. The SMILES string of the molecule is CCC(O)CNS(=O)(=O)c1c(C(=O)O)n[nH]c1C. The van der Waals surface area contributed by atoms with E-state index >= 15 is 0 Å². The van der Waals surface area contributed by atoms with E-state index in [-0.39, 0.29) is 12.2 Å². The topological polar surface area (TPSA) is 132 Å². The van der Waals surface area contributed by atoms with Crippen molar-refractivity contribution < 1.29 is 23.4 Å². The normalized spacial score (nSPS) is 13.5. The number of aryl methyl sites for hydroxylation is 1. The molecule has 0 aliphatic heterocycles. The van der Waals surface area contributed by atoms with E-state index in [0.29, 0.717) is 6.42 Å². The summed E-state index contributed by atoms with van der Waals surface area (Å²) in [5.41, 5.74) is -0.433. The number of nitrogens with one attached hydrogen (secondary N) is 2. The molecule has 102 valence electrons. The first-order valence-electron chi connectivity index (χ1n) is 5.25. The molecule has 0 saturated heterocycles. The Kier molecular flexibility index (Phi) is 4.43. The Hall–Kier alpha value is -1.45. The van der Waals surface area contributed by atoms with Crippen LogP contribution in [0.1, 0.15) is 29.5 Å². The highest BCUT2D eigenvalue weighted by atomic mass is 32.2. The van der Waals surface area contributed by atoms with Crippen LogP contribution in [0.3, 0.4) is 0 Å². The maximum Gasteiger partial charge on any atom is 0.357 e. The van der Waals surface area contributed by atoms with Gasteiger partial charge in [-0.25, -0.2) is 17.9 Å². The Morgan fingerprint density at radius 3 is 2.67 bits per heavy atom. The third kappa shape index (κ3) is 3.06. The maximum absolute atomic E-state index is 11.9. The molecule has 8 nitrogen and oxygen atoms in total. The first-order valence-corrected chi connectivity index (χ1v) is 6.74. The third-order valence-corrected chi connectivity index (χ3v) is 3.93. The number of carboxylic acid groups (broad SMARTS) is 1. The Morgan fingerprint density at radius 2 is 2.17 bits per heavy atom. The Balaban J connectivity index is 3.05. The van der Waals surface area contributed by atoms with Crippen molar-refractivity contribution in [1.82, 2.24) is 14.9 Å². The first-order chi connectivity index (χ1) is 8.29. The molecule has 18 heavy (non-hydrogen) atoms. The van der Waals surface area contributed by atoms with E-state index in [1.165, 1.54) is 6.92 Å². The molecule has 1 aromatic rings. The van der Waals surface area contributed by atoms with Crippen molar-refractivity contribution in [2.45, 2.75) is 31.3 Å². The van der Waals surface area contributed by atoms with Crippen LogP contribution in [0.25, 0.3) is 0 Å². The molecule has 4 N–H and O–H groups in total. The van der Waals surface area contributed by atoms with Crippen LogP contribution in [0.15, 0.2) is 4.90 Å². The van der Waals surface area contributed by atoms with Gasteiger partial charge in [-0.2, -0.15) is 5.10 Å². The monoisotopic (exact) mass is 277 g/mol. The van der Waals surface area contributed by atoms with Crippen LogP contribution in [0, 0.1) is 6.92 Å². The zero-order valence-corrected chi connectivity index (χ0v) is 10.8. The number of rotatable bonds is 6. The predicted octanol–water partition coefficient (Wildman–Crippen LogP) is -0.534. The van der Waals surface area contributed by atoms with Crippen LogP contribution in [-0.4, -0.2) is 47.4 Å². The summed E-state index contributed by atoms with van der Waals surface area (Å²) in [5.74, 6) is -1.43. The van der Waals surface area contributed by atoms with Crippen molar-refractivity contribution >= 4 is 16.0 Å². The van der Waals surface area contributed by atoms with Gasteiger partial charge in [0.15, 0.2) is 5.69 Å². The van der Waals surface area contributed by atoms with Crippen molar-refractivity contribution in [2.75, 3.05) is 6.54 Å². The van der Waals surface area contributed by atoms with Gasteiger partial charge in [-0.3, -0.25) is 5.10 Å². The van der Waals surface area contributed by atoms with Gasteiger partial charge in [-0.1, -0.05) is 6.92 Å². The average Bonchev–Trinajstić information content (AvgIpc) is 2.69. The Labute approximate surface area is 104 Å². The molecule has 9 heteroatoms. The van der Waals surface area contributed by atoms with Gasteiger partial charge in [-0.05, 0) is 13.3 Å². The van der Waals surface area contributed by atoms with Crippen molar-refractivity contribution in [2.24, 2.45) is 0 Å². The van der Waals surface area contributed by atoms with Gasteiger partial charge in [0.2, 0.25) is 10.0 Å². The number of aliphatic hydroxyl groups is 1. The molecule has 0 radical (unpaired) electrons. The lowest BCUT2D eigenvalue weighted by atomic mass is 10.3. The van der Waals surface area contributed by atoms with Gasteiger partial charge in [-0.15, -0.1) is 0 Å². The van der Waals surface area contributed by atoms with Crippen LogP contribution in [0.5, 0.6) is 0 Å². The molecular formula is C9H15N3O5S. The Morgan fingerprint density at radius 1 is 1.56 bits per heavy atom. The van der Waals surface area contributed by atoms with E-state index in [1.807, 2.05) is 0 Å². The summed E-state index contributed by atoms with van der Waals surface area (Å²) in [4.78, 5) is 10.4. The number of aliphatic hydroxyl groups excluding tert-OH is 1. The second-order valence-corrected chi connectivity index (χ2v) is 5.45. The lowest BCUT2D eigenvalue weighted by Crippen LogP contribution is -2.32. The van der Waals surface area contributed by atoms with E-state index in [2.05, 4.69) is 14.9 Å². The molecule has 1 rings (SSSR count). The molecule has 0 spiro atoms. The molecule has 0 amide bonds. The standard InChI is InChI=1S/C9H15N3O5S/c1-3-6(13)4-10-18(16,17)8-5(2)11-12-7(8)9(14)15/h6,10,13H,3-4H2,1-2H3,(H,11,12)(H,14,15). The van der Waals surface area contributed by atoms with Crippen LogP contribution in [0.4, 0.5) is 0 Å². The number of aromatic amines is 1. The highest BCUT2D eigenvalue weighted by Gasteiger charge is 2.28. The molecule has 0 fully saturated rings. The molecule has 1 unspecified atom stereocenters. The summed E-state index contributed by atoms with van der Waals surface area (Å²) >= 11 is 0. The number of hydrogen-bond acceptors (Lipinski definition) is 5. The van der Waals surface area contributed by atoms with Crippen molar-refractivity contribution in [1.29, 1.82) is 0 Å².